The lowest BCUT2D eigenvalue weighted by Crippen LogP contribution is -2.04. The number of hydrogen-bond donors (Lipinski definition) is 2. The van der Waals surface area contributed by atoms with E-state index in [0.717, 1.165) is 17.0 Å². The Balaban J connectivity index is 3.25. The zero-order valence-corrected chi connectivity index (χ0v) is 6.63. The van der Waals surface area contributed by atoms with Crippen LogP contribution in [0.3, 0.4) is 0 Å². The molecule has 4 nitrogen and oxygen atoms in total. The summed E-state index contributed by atoms with van der Waals surface area (Å²) in [5, 5.41) is 8.87. The molecule has 0 aliphatic heterocycles. The molecular weight excluding hydrogens is 142 g/mol. The highest BCUT2D eigenvalue weighted by molar-refractivity contribution is 5.29. The molecule has 0 aromatic carbocycles. The first-order valence-electron chi connectivity index (χ1n) is 3.35. The average Bonchev–Trinajstić information content (AvgIpc) is 1.85. The summed E-state index contributed by atoms with van der Waals surface area (Å²) in [4.78, 5) is 7.82. The first-order valence-corrected chi connectivity index (χ1v) is 3.35. The van der Waals surface area contributed by atoms with Crippen LogP contribution >= 0.6 is 0 Å². The molecule has 0 aliphatic carbocycles. The lowest BCUT2D eigenvalue weighted by atomic mass is 10.2. The van der Waals surface area contributed by atoms with Crippen molar-refractivity contribution in [3.63, 3.8) is 0 Å². The number of aryl methyl sites for hydroxylation is 2. The molecule has 0 saturated carbocycles. The molecule has 0 spiro atoms. The van der Waals surface area contributed by atoms with Gasteiger partial charge in [0, 0.05) is 17.0 Å². The van der Waals surface area contributed by atoms with Crippen LogP contribution < -0.4 is 5.73 Å². The van der Waals surface area contributed by atoms with Gasteiger partial charge in [0.05, 0.1) is 6.61 Å². The second-order valence-electron chi connectivity index (χ2n) is 2.39. The number of nitrogens with two attached hydrogens (primary N) is 1. The molecule has 1 heterocycles. The van der Waals surface area contributed by atoms with Crippen molar-refractivity contribution in [2.24, 2.45) is 0 Å². The number of nitrogen functional groups attached to an aromatic ring is 1. The molecule has 4 heteroatoms. The average molecular weight is 153 g/mol. The van der Waals surface area contributed by atoms with E-state index >= 15 is 0 Å². The van der Waals surface area contributed by atoms with E-state index in [9.17, 15) is 0 Å². The summed E-state index contributed by atoms with van der Waals surface area (Å²) in [5.41, 5.74) is 7.64. The van der Waals surface area contributed by atoms with Gasteiger partial charge in [-0.05, 0) is 13.8 Å². The van der Waals surface area contributed by atoms with Crippen LogP contribution in [-0.4, -0.2) is 15.1 Å². The minimum absolute atomic E-state index is 0.0298. The lowest BCUT2D eigenvalue weighted by Gasteiger charge is -2.04. The molecule has 0 amide bonds. The summed E-state index contributed by atoms with van der Waals surface area (Å²) in [7, 11) is 0. The molecule has 1 rings (SSSR count). The Labute approximate surface area is 65.1 Å². The van der Waals surface area contributed by atoms with Crippen molar-refractivity contribution in [1.82, 2.24) is 9.97 Å². The van der Waals surface area contributed by atoms with Crippen molar-refractivity contribution in [1.29, 1.82) is 0 Å². The van der Waals surface area contributed by atoms with Gasteiger partial charge in [-0.25, -0.2) is 9.97 Å². The molecule has 0 fully saturated rings. The fraction of sp³-hybridized carbons (Fsp3) is 0.429. The smallest absolute Gasteiger partial charge is 0.220 e. The van der Waals surface area contributed by atoms with E-state index in [0.29, 0.717) is 0 Å². The van der Waals surface area contributed by atoms with Crippen LogP contribution in [0.1, 0.15) is 17.0 Å². The first kappa shape index (κ1) is 7.94. The van der Waals surface area contributed by atoms with Gasteiger partial charge < -0.3 is 10.8 Å². The highest BCUT2D eigenvalue weighted by Crippen LogP contribution is 2.09. The Morgan fingerprint density at radius 1 is 1.27 bits per heavy atom. The van der Waals surface area contributed by atoms with Crippen molar-refractivity contribution < 1.29 is 5.11 Å². The van der Waals surface area contributed by atoms with E-state index in [4.69, 9.17) is 10.8 Å². The SMILES string of the molecule is Cc1nc(N)nc(C)c1CO. The quantitative estimate of drug-likeness (QED) is 0.603. The van der Waals surface area contributed by atoms with Crippen molar-refractivity contribution in [3.05, 3.63) is 17.0 Å². The van der Waals surface area contributed by atoms with E-state index in [2.05, 4.69) is 9.97 Å². The molecule has 0 bridgehead atoms. The van der Waals surface area contributed by atoms with Crippen molar-refractivity contribution >= 4 is 5.95 Å². The fourth-order valence-electron chi connectivity index (χ4n) is 0.994. The summed E-state index contributed by atoms with van der Waals surface area (Å²) < 4.78 is 0. The third kappa shape index (κ3) is 1.46. The minimum Gasteiger partial charge on any atom is -0.392 e. The number of nitrogens with zero attached hydrogens (tertiary/aromatic N) is 2. The zero-order chi connectivity index (χ0) is 8.43. The molecule has 0 atom stereocenters. The first-order chi connectivity index (χ1) is 5.15. The number of anilines is 1. The molecule has 1 aromatic rings. The summed E-state index contributed by atoms with van der Waals surface area (Å²) in [6, 6.07) is 0. The van der Waals surface area contributed by atoms with Gasteiger partial charge in [0.25, 0.3) is 0 Å². The van der Waals surface area contributed by atoms with Gasteiger partial charge >= 0.3 is 0 Å². The second-order valence-corrected chi connectivity index (χ2v) is 2.39. The molecule has 11 heavy (non-hydrogen) atoms. The summed E-state index contributed by atoms with van der Waals surface area (Å²) in [6.07, 6.45) is 0. The van der Waals surface area contributed by atoms with Gasteiger partial charge in [-0.1, -0.05) is 0 Å². The molecule has 0 aliphatic rings. The Morgan fingerprint density at radius 3 is 2.09 bits per heavy atom. The molecular formula is C7H11N3O. The topological polar surface area (TPSA) is 72.0 Å². The molecule has 0 radical (unpaired) electrons. The molecule has 3 N–H and O–H groups in total. The molecule has 60 valence electrons. The molecule has 0 saturated heterocycles. The van der Waals surface area contributed by atoms with Crippen LogP contribution in [0, 0.1) is 13.8 Å². The Kier molecular flexibility index (Phi) is 2.05. The van der Waals surface area contributed by atoms with Gasteiger partial charge in [0.2, 0.25) is 5.95 Å². The summed E-state index contributed by atoms with van der Waals surface area (Å²) in [6.45, 7) is 3.57. The number of aromatic nitrogens is 2. The normalized spacial score (nSPS) is 10.1. The second kappa shape index (κ2) is 2.84. The van der Waals surface area contributed by atoms with E-state index in [1.165, 1.54) is 0 Å². The summed E-state index contributed by atoms with van der Waals surface area (Å²) >= 11 is 0. The van der Waals surface area contributed by atoms with Crippen LogP contribution in [-0.2, 0) is 6.61 Å². The van der Waals surface area contributed by atoms with Gasteiger partial charge in [0.15, 0.2) is 0 Å². The fourth-order valence-corrected chi connectivity index (χ4v) is 0.994. The third-order valence-electron chi connectivity index (χ3n) is 1.60. The number of hydrogen-bond acceptors (Lipinski definition) is 4. The Bertz CT molecular complexity index is 249. The van der Waals surface area contributed by atoms with Gasteiger partial charge in [-0.3, -0.25) is 0 Å². The van der Waals surface area contributed by atoms with Crippen LogP contribution in [0.2, 0.25) is 0 Å². The zero-order valence-electron chi connectivity index (χ0n) is 6.63. The van der Waals surface area contributed by atoms with Gasteiger partial charge in [0.1, 0.15) is 0 Å². The largest absolute Gasteiger partial charge is 0.392 e. The van der Waals surface area contributed by atoms with Crippen molar-refractivity contribution in [2.45, 2.75) is 20.5 Å². The number of aliphatic hydroxyl groups excluding tert-OH is 1. The summed E-state index contributed by atoms with van der Waals surface area (Å²) in [5.74, 6) is 0.261. The maximum absolute atomic E-state index is 8.87. The Morgan fingerprint density at radius 2 is 1.73 bits per heavy atom. The predicted octanol–water partition coefficient (Wildman–Crippen LogP) is 0.168. The van der Waals surface area contributed by atoms with Crippen LogP contribution in [0.5, 0.6) is 0 Å². The Hall–Kier alpha value is -1.16. The standard InChI is InChI=1S/C7H11N3O/c1-4-6(3-11)5(2)10-7(8)9-4/h11H,3H2,1-2H3,(H2,8,9,10). The van der Waals surface area contributed by atoms with Crippen LogP contribution in [0.25, 0.3) is 0 Å². The van der Waals surface area contributed by atoms with E-state index in [1.54, 1.807) is 13.8 Å². The van der Waals surface area contributed by atoms with Crippen molar-refractivity contribution in [2.75, 3.05) is 5.73 Å². The van der Waals surface area contributed by atoms with Crippen LogP contribution in [0.4, 0.5) is 5.95 Å². The van der Waals surface area contributed by atoms with E-state index in [-0.39, 0.29) is 12.6 Å². The lowest BCUT2D eigenvalue weighted by molar-refractivity contribution is 0.279. The maximum Gasteiger partial charge on any atom is 0.220 e. The number of aliphatic hydroxyl groups is 1. The highest BCUT2D eigenvalue weighted by atomic mass is 16.3. The van der Waals surface area contributed by atoms with Gasteiger partial charge in [-0.2, -0.15) is 0 Å². The highest BCUT2D eigenvalue weighted by Gasteiger charge is 2.04. The third-order valence-corrected chi connectivity index (χ3v) is 1.60. The predicted molar refractivity (Wildman–Crippen MR) is 41.8 cm³/mol. The van der Waals surface area contributed by atoms with Crippen LogP contribution in [0.15, 0.2) is 0 Å². The molecule has 0 unspecified atom stereocenters. The van der Waals surface area contributed by atoms with E-state index < -0.39 is 0 Å². The number of rotatable bonds is 1. The van der Waals surface area contributed by atoms with E-state index in [1.807, 2.05) is 0 Å². The van der Waals surface area contributed by atoms with Crippen molar-refractivity contribution in [3.8, 4) is 0 Å². The molecule has 1 aromatic heterocycles. The monoisotopic (exact) mass is 153 g/mol. The van der Waals surface area contributed by atoms with Gasteiger partial charge in [-0.15, -0.1) is 0 Å². The maximum atomic E-state index is 8.87. The minimum atomic E-state index is -0.0298.